The molecule has 4 N–H and O–H groups in total. The molecule has 1 heterocycles. The molecule has 2 aromatic carbocycles. The second-order valence-electron chi connectivity index (χ2n) is 8.03. The summed E-state index contributed by atoms with van der Waals surface area (Å²) in [6, 6.07) is 15.1. The third kappa shape index (κ3) is 7.89. The van der Waals surface area contributed by atoms with Gasteiger partial charge in [-0.15, -0.1) is 0 Å². The summed E-state index contributed by atoms with van der Waals surface area (Å²) in [5, 5.41) is 19.0. The monoisotopic (exact) mass is 481 g/mol. The topological polar surface area (TPSA) is 145 Å². The number of ether oxygens (including phenoxy) is 2. The van der Waals surface area contributed by atoms with Crippen molar-refractivity contribution in [1.29, 1.82) is 5.53 Å². The number of aliphatic imine (C=N–C) groups is 1. The normalized spacial score (nSPS) is 14.3. The number of amidine groups is 1. The highest BCUT2D eigenvalue weighted by molar-refractivity contribution is 5.94. The van der Waals surface area contributed by atoms with E-state index in [1.54, 1.807) is 12.1 Å². The van der Waals surface area contributed by atoms with E-state index < -0.39 is 30.6 Å². The molecule has 186 valence electrons. The number of aliphatic hydroxyl groups excluding tert-OH is 1. The molecular formula is C25H31N5O5. The van der Waals surface area contributed by atoms with Gasteiger partial charge in [0.15, 0.2) is 0 Å². The van der Waals surface area contributed by atoms with Crippen LogP contribution in [0.4, 0.5) is 4.79 Å². The van der Waals surface area contributed by atoms with E-state index in [0.29, 0.717) is 37.6 Å². The van der Waals surface area contributed by atoms with Gasteiger partial charge in [-0.25, -0.2) is 15.1 Å². The molecule has 0 bridgehead atoms. The lowest BCUT2D eigenvalue weighted by Gasteiger charge is -2.25. The van der Waals surface area contributed by atoms with Crippen LogP contribution in [0, 0.1) is 11.4 Å². The van der Waals surface area contributed by atoms with Gasteiger partial charge in [-0.1, -0.05) is 48.5 Å². The van der Waals surface area contributed by atoms with Gasteiger partial charge in [0.25, 0.3) is 0 Å². The molecular weight excluding hydrogens is 450 g/mol. The Morgan fingerprint density at radius 2 is 1.91 bits per heavy atom. The van der Waals surface area contributed by atoms with Crippen LogP contribution in [0.15, 0.2) is 64.7 Å². The number of nitrogens with zero attached hydrogens (tertiary/aromatic N) is 2. The molecule has 1 unspecified atom stereocenters. The SMILES string of the molecule is N=NCCCCc1ccccc1OC(=O)[C@@H](NC(=O)OCc1ccccc1)C(CO)C1=NCCN1. The Hall–Kier alpha value is -3.79. The van der Waals surface area contributed by atoms with Crippen LogP contribution in [0.3, 0.4) is 0 Å². The second kappa shape index (κ2) is 13.8. The van der Waals surface area contributed by atoms with Gasteiger partial charge in [0.2, 0.25) is 0 Å². The molecule has 0 saturated carbocycles. The van der Waals surface area contributed by atoms with Gasteiger partial charge >= 0.3 is 12.1 Å². The summed E-state index contributed by atoms with van der Waals surface area (Å²) in [5.41, 5.74) is 8.53. The minimum Gasteiger partial charge on any atom is -0.445 e. The number of esters is 1. The predicted molar refractivity (Wildman–Crippen MR) is 129 cm³/mol. The number of hydrogen-bond acceptors (Lipinski definition) is 9. The molecule has 0 spiro atoms. The first-order valence-corrected chi connectivity index (χ1v) is 11.6. The van der Waals surface area contributed by atoms with Crippen LogP contribution in [-0.4, -0.2) is 55.3 Å². The molecule has 0 aromatic heterocycles. The maximum atomic E-state index is 13.3. The maximum absolute atomic E-state index is 13.3. The number of nitrogens with one attached hydrogen (secondary N) is 3. The number of unbranched alkanes of at least 4 members (excludes halogenated alkanes) is 1. The molecule has 10 heteroatoms. The van der Waals surface area contributed by atoms with Gasteiger partial charge in [-0.2, -0.15) is 5.11 Å². The Balaban J connectivity index is 1.72. The number of carbonyl (C=O) groups excluding carboxylic acids is 2. The van der Waals surface area contributed by atoms with E-state index in [1.165, 1.54) is 0 Å². The lowest BCUT2D eigenvalue weighted by atomic mass is 9.99. The molecule has 0 fully saturated rings. The second-order valence-corrected chi connectivity index (χ2v) is 8.03. The van der Waals surface area contributed by atoms with E-state index in [2.05, 4.69) is 20.7 Å². The molecule has 1 aliphatic rings. The first kappa shape index (κ1) is 25.8. The van der Waals surface area contributed by atoms with Crippen molar-refractivity contribution in [2.45, 2.75) is 31.9 Å². The molecule has 3 rings (SSSR count). The number of hydrogen-bond donors (Lipinski definition) is 4. The van der Waals surface area contributed by atoms with Crippen LogP contribution in [0.5, 0.6) is 5.75 Å². The Labute approximate surface area is 204 Å². The van der Waals surface area contributed by atoms with E-state index in [9.17, 15) is 14.7 Å². The highest BCUT2D eigenvalue weighted by atomic mass is 16.6. The summed E-state index contributed by atoms with van der Waals surface area (Å²) < 4.78 is 11.0. The molecule has 0 saturated heterocycles. The summed E-state index contributed by atoms with van der Waals surface area (Å²) in [5.74, 6) is -0.737. The number of amides is 1. The number of aliphatic hydroxyl groups is 1. The summed E-state index contributed by atoms with van der Waals surface area (Å²) in [4.78, 5) is 30.2. The number of benzene rings is 2. The summed E-state index contributed by atoms with van der Waals surface area (Å²) in [6.07, 6.45) is 1.37. The van der Waals surface area contributed by atoms with Crippen molar-refractivity contribution < 1.29 is 24.2 Å². The van der Waals surface area contributed by atoms with Crippen LogP contribution in [-0.2, 0) is 22.6 Å². The Morgan fingerprint density at radius 3 is 2.63 bits per heavy atom. The molecule has 2 atom stereocenters. The van der Waals surface area contributed by atoms with Gasteiger partial charge < -0.3 is 25.2 Å². The zero-order valence-corrected chi connectivity index (χ0v) is 19.5. The lowest BCUT2D eigenvalue weighted by molar-refractivity contribution is -0.137. The van der Waals surface area contributed by atoms with Gasteiger partial charge in [-0.05, 0) is 36.5 Å². The Bertz CT molecular complexity index is 1010. The van der Waals surface area contributed by atoms with Gasteiger partial charge in [0, 0.05) is 6.54 Å². The van der Waals surface area contributed by atoms with Crippen molar-refractivity contribution >= 4 is 17.9 Å². The Morgan fingerprint density at radius 1 is 1.14 bits per heavy atom. The zero-order valence-electron chi connectivity index (χ0n) is 19.5. The van der Waals surface area contributed by atoms with Crippen LogP contribution >= 0.6 is 0 Å². The molecule has 0 radical (unpaired) electrons. The van der Waals surface area contributed by atoms with Gasteiger partial charge in [-0.3, -0.25) is 4.99 Å². The third-order valence-electron chi connectivity index (χ3n) is 5.54. The number of para-hydroxylation sites is 1. The standard InChI is InChI=1S/C25H31N5O5/c26-29-13-7-6-11-19-10-4-5-12-21(19)35-24(32)22(20(16-31)23-27-14-15-28-23)30-25(33)34-17-18-8-2-1-3-9-18/h1-5,8-10,12,20,22,26,31H,6-7,11,13-17H2,(H,27,28)(H,30,33)/t20?,22-/m0/s1. The fourth-order valence-electron chi connectivity index (χ4n) is 3.72. The largest absolute Gasteiger partial charge is 0.445 e. The maximum Gasteiger partial charge on any atom is 0.408 e. The first-order valence-electron chi connectivity index (χ1n) is 11.6. The minimum absolute atomic E-state index is 0.0326. The van der Waals surface area contributed by atoms with Crippen LogP contribution in [0.2, 0.25) is 0 Å². The average molecular weight is 482 g/mol. The summed E-state index contributed by atoms with van der Waals surface area (Å²) >= 11 is 0. The van der Waals surface area contributed by atoms with E-state index in [-0.39, 0.29) is 6.61 Å². The first-order chi connectivity index (χ1) is 17.1. The van der Waals surface area contributed by atoms with E-state index >= 15 is 0 Å². The third-order valence-corrected chi connectivity index (χ3v) is 5.54. The quantitative estimate of drug-likeness (QED) is 0.150. The van der Waals surface area contributed by atoms with E-state index in [1.807, 2.05) is 42.5 Å². The Kier molecular flexibility index (Phi) is 10.2. The van der Waals surface area contributed by atoms with Crippen molar-refractivity contribution in [2.24, 2.45) is 16.0 Å². The fraction of sp³-hybridized carbons (Fsp3) is 0.400. The summed E-state index contributed by atoms with van der Waals surface area (Å²) in [6.45, 7) is 1.15. The van der Waals surface area contributed by atoms with Gasteiger partial charge in [0.05, 0.1) is 25.6 Å². The smallest absolute Gasteiger partial charge is 0.408 e. The highest BCUT2D eigenvalue weighted by Gasteiger charge is 2.36. The molecule has 1 aliphatic heterocycles. The van der Waals surface area contributed by atoms with E-state index in [4.69, 9.17) is 15.0 Å². The number of rotatable bonds is 13. The van der Waals surface area contributed by atoms with Crippen molar-refractivity contribution in [1.82, 2.24) is 10.6 Å². The summed E-state index contributed by atoms with van der Waals surface area (Å²) in [7, 11) is 0. The average Bonchev–Trinajstić information content (AvgIpc) is 3.41. The number of alkyl carbamates (subject to hydrolysis) is 1. The van der Waals surface area contributed by atoms with Crippen molar-refractivity contribution in [3.63, 3.8) is 0 Å². The van der Waals surface area contributed by atoms with Crippen LogP contribution < -0.4 is 15.4 Å². The zero-order chi connectivity index (χ0) is 24.9. The predicted octanol–water partition coefficient (Wildman–Crippen LogP) is 2.85. The van der Waals surface area contributed by atoms with Crippen molar-refractivity contribution in [2.75, 3.05) is 26.2 Å². The highest BCUT2D eigenvalue weighted by Crippen LogP contribution is 2.22. The van der Waals surface area contributed by atoms with Crippen LogP contribution in [0.25, 0.3) is 0 Å². The number of aryl methyl sites for hydroxylation is 1. The van der Waals surface area contributed by atoms with Crippen molar-refractivity contribution in [3.05, 3.63) is 65.7 Å². The fourth-order valence-corrected chi connectivity index (χ4v) is 3.72. The molecule has 0 aliphatic carbocycles. The molecule has 1 amide bonds. The van der Waals surface area contributed by atoms with Crippen LogP contribution in [0.1, 0.15) is 24.0 Å². The molecule has 35 heavy (non-hydrogen) atoms. The van der Waals surface area contributed by atoms with E-state index in [0.717, 1.165) is 24.0 Å². The molecule has 2 aromatic rings. The minimum atomic E-state index is -1.22. The lowest BCUT2D eigenvalue weighted by Crippen LogP contribution is -2.53. The molecule has 10 nitrogen and oxygen atoms in total. The van der Waals surface area contributed by atoms with Gasteiger partial charge in [0.1, 0.15) is 24.2 Å². The number of carbonyl (C=O) groups is 2. The van der Waals surface area contributed by atoms with Crippen molar-refractivity contribution in [3.8, 4) is 5.75 Å².